The van der Waals surface area contributed by atoms with Gasteiger partial charge in [-0.05, 0) is 80.4 Å². The fourth-order valence-corrected chi connectivity index (χ4v) is 3.47. The molecule has 1 N–H and O–H groups in total. The highest BCUT2D eigenvalue weighted by Crippen LogP contribution is 2.26. The van der Waals surface area contributed by atoms with Crippen molar-refractivity contribution in [3.63, 3.8) is 0 Å². The van der Waals surface area contributed by atoms with Gasteiger partial charge < -0.3 is 14.6 Å². The summed E-state index contributed by atoms with van der Waals surface area (Å²) in [6, 6.07) is 16.9. The first-order valence-corrected chi connectivity index (χ1v) is 9.75. The normalized spacial score (nSPS) is 11.1. The van der Waals surface area contributed by atoms with Crippen LogP contribution in [-0.4, -0.2) is 17.6 Å². The van der Waals surface area contributed by atoms with Crippen molar-refractivity contribution in [2.45, 2.75) is 20.8 Å². The summed E-state index contributed by atoms with van der Waals surface area (Å²) in [4.78, 5) is 12.7. The van der Waals surface area contributed by atoms with E-state index >= 15 is 0 Å². The minimum atomic E-state index is -0.475. The molecular formula is C24H22ClN3O2. The van der Waals surface area contributed by atoms with Gasteiger partial charge in [0.2, 0.25) is 0 Å². The van der Waals surface area contributed by atoms with Crippen molar-refractivity contribution in [3.05, 3.63) is 81.6 Å². The van der Waals surface area contributed by atoms with Crippen LogP contribution in [0.25, 0.3) is 11.8 Å². The molecule has 2 aromatic carbocycles. The maximum Gasteiger partial charge on any atom is 0.266 e. The van der Waals surface area contributed by atoms with E-state index in [1.54, 1.807) is 31.4 Å². The van der Waals surface area contributed by atoms with E-state index in [2.05, 4.69) is 9.88 Å². The van der Waals surface area contributed by atoms with Crippen LogP contribution in [0.3, 0.4) is 0 Å². The smallest absolute Gasteiger partial charge is 0.266 e. The SMILES string of the molecule is COc1ccc(-n2c(C)cc(/C=C(\C#N)C(=O)Nc3cccc(Cl)c3C)c2C)cc1. The van der Waals surface area contributed by atoms with Gasteiger partial charge in [-0.2, -0.15) is 5.26 Å². The van der Waals surface area contributed by atoms with Crippen molar-refractivity contribution >= 4 is 29.3 Å². The van der Waals surface area contributed by atoms with Gasteiger partial charge in [0.25, 0.3) is 5.91 Å². The minimum Gasteiger partial charge on any atom is -0.497 e. The average molecular weight is 420 g/mol. The molecule has 30 heavy (non-hydrogen) atoms. The van der Waals surface area contributed by atoms with Crippen LogP contribution in [0, 0.1) is 32.1 Å². The maximum atomic E-state index is 12.7. The van der Waals surface area contributed by atoms with Gasteiger partial charge in [-0.1, -0.05) is 17.7 Å². The minimum absolute atomic E-state index is 0.0179. The number of methoxy groups -OCH3 is 1. The number of halogens is 1. The number of nitrogens with one attached hydrogen (secondary N) is 1. The Kier molecular flexibility index (Phi) is 6.29. The van der Waals surface area contributed by atoms with Crippen LogP contribution in [-0.2, 0) is 4.79 Å². The van der Waals surface area contributed by atoms with Crippen molar-refractivity contribution in [2.24, 2.45) is 0 Å². The molecule has 152 valence electrons. The van der Waals surface area contributed by atoms with E-state index in [1.165, 1.54) is 0 Å². The predicted octanol–water partition coefficient (Wildman–Crippen LogP) is 5.61. The number of benzene rings is 2. The average Bonchev–Trinajstić information content (AvgIpc) is 3.02. The monoisotopic (exact) mass is 419 g/mol. The number of hydrogen-bond donors (Lipinski definition) is 1. The predicted molar refractivity (Wildman–Crippen MR) is 120 cm³/mol. The third-order valence-electron chi connectivity index (χ3n) is 4.98. The first-order valence-electron chi connectivity index (χ1n) is 9.37. The van der Waals surface area contributed by atoms with E-state index in [4.69, 9.17) is 16.3 Å². The molecule has 3 aromatic rings. The molecule has 3 rings (SSSR count). The van der Waals surface area contributed by atoms with E-state index in [0.717, 1.165) is 34.0 Å². The quantitative estimate of drug-likeness (QED) is 0.431. The van der Waals surface area contributed by atoms with Gasteiger partial charge >= 0.3 is 0 Å². The number of nitrogens with zero attached hydrogens (tertiary/aromatic N) is 2. The van der Waals surface area contributed by atoms with Crippen molar-refractivity contribution in [1.29, 1.82) is 5.26 Å². The van der Waals surface area contributed by atoms with Gasteiger partial charge in [0.15, 0.2) is 0 Å². The maximum absolute atomic E-state index is 12.7. The molecule has 1 amide bonds. The Balaban J connectivity index is 1.93. The van der Waals surface area contributed by atoms with Gasteiger partial charge in [0.05, 0.1) is 7.11 Å². The third-order valence-corrected chi connectivity index (χ3v) is 5.39. The number of hydrogen-bond acceptors (Lipinski definition) is 3. The lowest BCUT2D eigenvalue weighted by Gasteiger charge is -2.11. The third kappa shape index (κ3) is 4.24. The molecule has 0 saturated heterocycles. The summed E-state index contributed by atoms with van der Waals surface area (Å²) in [5.74, 6) is 0.304. The highest BCUT2D eigenvalue weighted by atomic mass is 35.5. The standard InChI is InChI=1S/C24H22ClN3O2/c1-15-12-18(17(3)28(15)20-8-10-21(30-4)11-9-20)13-19(14-26)24(29)27-23-7-5-6-22(25)16(23)2/h5-13H,1-4H3,(H,27,29)/b19-13+. The summed E-state index contributed by atoms with van der Waals surface area (Å²) < 4.78 is 7.29. The van der Waals surface area contributed by atoms with Gasteiger partial charge in [-0.25, -0.2) is 0 Å². The van der Waals surface area contributed by atoms with E-state index in [9.17, 15) is 10.1 Å². The van der Waals surface area contributed by atoms with Gasteiger partial charge in [-0.3, -0.25) is 4.79 Å². The molecule has 1 aromatic heterocycles. The Bertz CT molecular complexity index is 1170. The molecule has 0 fully saturated rings. The van der Waals surface area contributed by atoms with Gasteiger partial charge in [0.1, 0.15) is 17.4 Å². The Morgan fingerprint density at radius 3 is 2.50 bits per heavy atom. The summed E-state index contributed by atoms with van der Waals surface area (Å²) >= 11 is 6.12. The van der Waals surface area contributed by atoms with Gasteiger partial charge in [0, 0.05) is 27.8 Å². The second kappa shape index (κ2) is 8.89. The number of nitriles is 1. The molecule has 0 spiro atoms. The molecule has 0 saturated carbocycles. The van der Waals surface area contributed by atoms with Crippen LogP contribution in [0.2, 0.25) is 5.02 Å². The van der Waals surface area contributed by atoms with Crippen LogP contribution in [0.15, 0.2) is 54.1 Å². The van der Waals surface area contributed by atoms with Crippen LogP contribution in [0.1, 0.15) is 22.5 Å². The molecule has 1 heterocycles. The molecule has 6 heteroatoms. The molecule has 0 aliphatic carbocycles. The molecule has 0 aliphatic rings. The number of aryl methyl sites for hydroxylation is 1. The number of carbonyl (C=O) groups excluding carboxylic acids is 1. The number of rotatable bonds is 5. The summed E-state index contributed by atoms with van der Waals surface area (Å²) in [7, 11) is 1.63. The lowest BCUT2D eigenvalue weighted by Crippen LogP contribution is -2.14. The highest BCUT2D eigenvalue weighted by molar-refractivity contribution is 6.31. The highest BCUT2D eigenvalue weighted by Gasteiger charge is 2.15. The topological polar surface area (TPSA) is 67.0 Å². The van der Waals surface area contributed by atoms with E-state index < -0.39 is 5.91 Å². The lowest BCUT2D eigenvalue weighted by atomic mass is 10.1. The molecule has 0 bridgehead atoms. The molecular weight excluding hydrogens is 398 g/mol. The first-order chi connectivity index (χ1) is 14.3. The van der Waals surface area contributed by atoms with Crippen molar-refractivity contribution < 1.29 is 9.53 Å². The Hall–Kier alpha value is -3.49. The zero-order valence-electron chi connectivity index (χ0n) is 17.3. The fraction of sp³-hybridized carbons (Fsp3) is 0.167. The summed E-state index contributed by atoms with van der Waals surface area (Å²) in [5.41, 5.74) is 5.05. The summed E-state index contributed by atoms with van der Waals surface area (Å²) in [6.45, 7) is 5.75. The number of amides is 1. The fourth-order valence-electron chi connectivity index (χ4n) is 3.30. The van der Waals surface area contributed by atoms with E-state index in [-0.39, 0.29) is 5.57 Å². The van der Waals surface area contributed by atoms with Gasteiger partial charge in [-0.15, -0.1) is 0 Å². The second-order valence-electron chi connectivity index (χ2n) is 6.90. The zero-order chi connectivity index (χ0) is 21.8. The zero-order valence-corrected chi connectivity index (χ0v) is 18.0. The number of anilines is 1. The number of aromatic nitrogens is 1. The second-order valence-corrected chi connectivity index (χ2v) is 7.30. The van der Waals surface area contributed by atoms with Crippen LogP contribution >= 0.6 is 11.6 Å². The Labute approximate surface area is 181 Å². The van der Waals surface area contributed by atoms with E-state index in [0.29, 0.717) is 10.7 Å². The molecule has 5 nitrogen and oxygen atoms in total. The molecule has 0 aliphatic heterocycles. The lowest BCUT2D eigenvalue weighted by molar-refractivity contribution is -0.112. The Morgan fingerprint density at radius 1 is 1.17 bits per heavy atom. The van der Waals surface area contributed by atoms with Crippen LogP contribution in [0.5, 0.6) is 5.75 Å². The molecule has 0 unspecified atom stereocenters. The number of carbonyl (C=O) groups is 1. The summed E-state index contributed by atoms with van der Waals surface area (Å²) in [6.07, 6.45) is 1.61. The van der Waals surface area contributed by atoms with Crippen LogP contribution < -0.4 is 10.1 Å². The van der Waals surface area contributed by atoms with Crippen molar-refractivity contribution in [1.82, 2.24) is 4.57 Å². The number of ether oxygens (including phenoxy) is 1. The van der Waals surface area contributed by atoms with Crippen LogP contribution in [0.4, 0.5) is 5.69 Å². The van der Waals surface area contributed by atoms with E-state index in [1.807, 2.05) is 57.2 Å². The first kappa shape index (κ1) is 21.2. The largest absolute Gasteiger partial charge is 0.497 e. The van der Waals surface area contributed by atoms with Crippen molar-refractivity contribution in [3.8, 4) is 17.5 Å². The summed E-state index contributed by atoms with van der Waals surface area (Å²) in [5, 5.41) is 12.9. The Morgan fingerprint density at radius 2 is 1.87 bits per heavy atom. The van der Waals surface area contributed by atoms with Crippen molar-refractivity contribution in [2.75, 3.05) is 12.4 Å². The molecule has 0 atom stereocenters. The molecule has 0 radical (unpaired) electrons.